The van der Waals surface area contributed by atoms with Crippen LogP contribution < -0.4 is 16.0 Å². The van der Waals surface area contributed by atoms with Crippen molar-refractivity contribution in [2.75, 3.05) is 6.26 Å². The van der Waals surface area contributed by atoms with Gasteiger partial charge in [-0.3, -0.25) is 9.59 Å². The van der Waals surface area contributed by atoms with E-state index in [0.717, 1.165) is 16.4 Å². The molecule has 3 aromatic heterocycles. The number of aryl methyl sites for hydroxylation is 1. The molecule has 0 unspecified atom stereocenters. The molecular formula is C24H20N4O6S2. The van der Waals surface area contributed by atoms with Gasteiger partial charge in [0.2, 0.25) is 10.0 Å². The zero-order valence-corrected chi connectivity index (χ0v) is 20.7. The maximum Gasteiger partial charge on any atom is 0.333 e. The maximum atomic E-state index is 13.5. The Morgan fingerprint density at radius 3 is 2.61 bits per heavy atom. The van der Waals surface area contributed by atoms with E-state index in [1.54, 1.807) is 41.1 Å². The number of fused-ring (bicyclic) bond motifs is 2. The van der Waals surface area contributed by atoms with Crippen molar-refractivity contribution in [2.45, 2.75) is 13.5 Å². The second kappa shape index (κ2) is 8.50. The molecule has 0 atom stereocenters. The van der Waals surface area contributed by atoms with Crippen LogP contribution in [0.5, 0.6) is 5.75 Å². The summed E-state index contributed by atoms with van der Waals surface area (Å²) in [5.41, 5.74) is 0.651. The molecule has 2 aromatic carbocycles. The summed E-state index contributed by atoms with van der Waals surface area (Å²) in [6.45, 7) is 1.87. The van der Waals surface area contributed by atoms with Gasteiger partial charge < -0.3 is 14.7 Å². The molecule has 0 saturated heterocycles. The molecule has 36 heavy (non-hydrogen) atoms. The lowest BCUT2D eigenvalue weighted by atomic mass is 10.1. The molecule has 0 saturated carbocycles. The van der Waals surface area contributed by atoms with E-state index in [1.807, 2.05) is 11.6 Å². The molecule has 184 valence electrons. The molecule has 5 rings (SSSR count). The van der Waals surface area contributed by atoms with Crippen LogP contribution in [0.1, 0.15) is 21.6 Å². The highest BCUT2D eigenvalue weighted by Gasteiger charge is 2.28. The van der Waals surface area contributed by atoms with E-state index in [-0.39, 0.29) is 29.1 Å². The highest BCUT2D eigenvalue weighted by atomic mass is 32.2. The van der Waals surface area contributed by atoms with Gasteiger partial charge in [-0.05, 0) is 36.8 Å². The Kier molecular flexibility index (Phi) is 5.57. The molecule has 0 aliphatic heterocycles. The molecule has 0 bridgehead atoms. The summed E-state index contributed by atoms with van der Waals surface area (Å²) in [6.07, 6.45) is 0.841. The Morgan fingerprint density at radius 2 is 1.89 bits per heavy atom. The van der Waals surface area contributed by atoms with Crippen molar-refractivity contribution in [3.05, 3.63) is 90.9 Å². The number of amides is 1. The van der Waals surface area contributed by atoms with Gasteiger partial charge >= 0.3 is 5.69 Å². The first kappa shape index (κ1) is 23.6. The van der Waals surface area contributed by atoms with E-state index in [0.29, 0.717) is 22.0 Å². The van der Waals surface area contributed by atoms with Crippen molar-refractivity contribution >= 4 is 49.1 Å². The number of hydrogen-bond acceptors (Lipinski definition) is 7. The number of phenols is 1. The first-order chi connectivity index (χ1) is 17.0. The molecule has 10 nitrogen and oxygen atoms in total. The lowest BCUT2D eigenvalue weighted by molar-refractivity contribution is 0.0973. The Morgan fingerprint density at radius 1 is 1.11 bits per heavy atom. The van der Waals surface area contributed by atoms with Gasteiger partial charge in [-0.1, -0.05) is 23.8 Å². The number of hydrogen-bond donors (Lipinski definition) is 3. The van der Waals surface area contributed by atoms with Crippen LogP contribution in [0.3, 0.4) is 0 Å². The number of sulfonamides is 1. The van der Waals surface area contributed by atoms with Gasteiger partial charge in [-0.25, -0.2) is 22.5 Å². The number of aromatic nitrogens is 3. The predicted octanol–water partition coefficient (Wildman–Crippen LogP) is 2.45. The lowest BCUT2D eigenvalue weighted by Gasteiger charge is -2.13. The SMILES string of the molecule is Cc1ccc2c(c1)c(-n1c(=O)[nH]c3cscc3c1=O)c(C(=O)NS(C)(=O)=O)n2Cc1cccc(O)c1. The highest BCUT2D eigenvalue weighted by molar-refractivity contribution is 7.89. The normalized spacial score (nSPS) is 11.8. The number of aromatic hydroxyl groups is 1. The summed E-state index contributed by atoms with van der Waals surface area (Å²) in [7, 11) is -3.98. The third-order valence-corrected chi connectivity index (χ3v) is 7.00. The molecule has 12 heteroatoms. The van der Waals surface area contributed by atoms with Gasteiger partial charge in [0.15, 0.2) is 0 Å². The van der Waals surface area contributed by atoms with Crippen LogP contribution in [-0.4, -0.2) is 39.8 Å². The van der Waals surface area contributed by atoms with Crippen molar-refractivity contribution in [1.29, 1.82) is 0 Å². The third-order valence-electron chi connectivity index (χ3n) is 5.70. The van der Waals surface area contributed by atoms with Crippen molar-refractivity contribution in [3.63, 3.8) is 0 Å². The standard InChI is InChI=1S/C24H20N4O6S2/c1-13-6-7-19-16(8-13)20(28-23(31)17-11-35-12-18(17)25-24(28)32)21(22(30)26-36(2,33)34)27(19)10-14-4-3-5-15(29)9-14/h3-9,11-12,29H,10H2,1-2H3,(H,25,32)(H,26,30). The largest absolute Gasteiger partial charge is 0.508 e. The molecule has 0 aliphatic rings. The van der Waals surface area contributed by atoms with Gasteiger partial charge in [0.1, 0.15) is 11.4 Å². The summed E-state index contributed by atoms with van der Waals surface area (Å²) in [4.78, 5) is 42.7. The Balaban J connectivity index is 1.92. The summed E-state index contributed by atoms with van der Waals surface area (Å²) in [5, 5.41) is 13.9. The fraction of sp³-hybridized carbons (Fsp3) is 0.125. The van der Waals surface area contributed by atoms with E-state index < -0.39 is 27.2 Å². The molecule has 3 heterocycles. The number of phenolic OH excluding ortho intramolecular Hbond substituents is 1. The Labute approximate surface area is 208 Å². The second-order valence-electron chi connectivity index (χ2n) is 8.45. The number of aromatic amines is 1. The van der Waals surface area contributed by atoms with Gasteiger partial charge in [0.25, 0.3) is 11.5 Å². The van der Waals surface area contributed by atoms with Crippen LogP contribution in [0.15, 0.2) is 62.8 Å². The van der Waals surface area contributed by atoms with Crippen molar-refractivity contribution in [3.8, 4) is 11.4 Å². The molecule has 0 aliphatic carbocycles. The van der Waals surface area contributed by atoms with E-state index in [4.69, 9.17) is 0 Å². The monoisotopic (exact) mass is 524 g/mol. The Bertz CT molecular complexity index is 1910. The van der Waals surface area contributed by atoms with Crippen LogP contribution in [-0.2, 0) is 16.6 Å². The minimum atomic E-state index is -3.98. The predicted molar refractivity (Wildman–Crippen MR) is 138 cm³/mol. The molecule has 0 radical (unpaired) electrons. The number of H-pyrrole nitrogens is 1. The van der Waals surface area contributed by atoms with Crippen molar-refractivity contribution in [1.82, 2.24) is 18.8 Å². The quantitative estimate of drug-likeness (QED) is 0.322. The summed E-state index contributed by atoms with van der Waals surface area (Å²) in [6, 6.07) is 11.6. The lowest BCUT2D eigenvalue weighted by Crippen LogP contribution is -2.37. The molecular weight excluding hydrogens is 504 g/mol. The van der Waals surface area contributed by atoms with Crippen molar-refractivity contribution < 1.29 is 18.3 Å². The van der Waals surface area contributed by atoms with Gasteiger partial charge in [-0.15, -0.1) is 11.3 Å². The molecule has 0 fully saturated rings. The topological polar surface area (TPSA) is 143 Å². The van der Waals surface area contributed by atoms with E-state index in [1.165, 1.54) is 28.0 Å². The van der Waals surface area contributed by atoms with Crippen LogP contribution >= 0.6 is 11.3 Å². The van der Waals surface area contributed by atoms with E-state index >= 15 is 0 Å². The second-order valence-corrected chi connectivity index (χ2v) is 10.9. The number of carbonyl (C=O) groups excluding carboxylic acids is 1. The van der Waals surface area contributed by atoms with Crippen LogP contribution in [0.2, 0.25) is 0 Å². The summed E-state index contributed by atoms with van der Waals surface area (Å²) >= 11 is 1.24. The smallest absolute Gasteiger partial charge is 0.333 e. The summed E-state index contributed by atoms with van der Waals surface area (Å²) in [5.74, 6) is -0.990. The number of carbonyl (C=O) groups is 1. The van der Waals surface area contributed by atoms with E-state index in [2.05, 4.69) is 4.98 Å². The highest BCUT2D eigenvalue weighted by Crippen LogP contribution is 2.31. The van der Waals surface area contributed by atoms with Gasteiger partial charge in [-0.2, -0.15) is 0 Å². The number of thiophene rings is 1. The third kappa shape index (κ3) is 4.10. The molecule has 1 amide bonds. The van der Waals surface area contributed by atoms with Gasteiger partial charge in [0.05, 0.1) is 28.4 Å². The van der Waals surface area contributed by atoms with Gasteiger partial charge in [0, 0.05) is 22.7 Å². The van der Waals surface area contributed by atoms with Crippen LogP contribution in [0, 0.1) is 6.92 Å². The average molecular weight is 525 g/mol. The molecule has 5 aromatic rings. The summed E-state index contributed by atoms with van der Waals surface area (Å²) < 4.78 is 28.4. The van der Waals surface area contributed by atoms with Crippen LogP contribution in [0.4, 0.5) is 0 Å². The minimum absolute atomic E-state index is 0.0118. The molecule has 0 spiro atoms. The fourth-order valence-corrected chi connectivity index (χ4v) is 5.46. The van der Waals surface area contributed by atoms with E-state index in [9.17, 15) is 27.9 Å². The Hall–Kier alpha value is -4.16. The van der Waals surface area contributed by atoms with Crippen LogP contribution in [0.25, 0.3) is 27.5 Å². The maximum absolute atomic E-state index is 13.5. The zero-order valence-electron chi connectivity index (χ0n) is 19.1. The number of nitrogens with one attached hydrogen (secondary N) is 2. The first-order valence-electron chi connectivity index (χ1n) is 10.7. The minimum Gasteiger partial charge on any atom is -0.508 e. The number of benzene rings is 2. The number of rotatable bonds is 5. The zero-order chi connectivity index (χ0) is 25.8. The average Bonchev–Trinajstić information content (AvgIpc) is 3.36. The fourth-order valence-electron chi connectivity index (χ4n) is 4.27. The van der Waals surface area contributed by atoms with Crippen molar-refractivity contribution in [2.24, 2.45) is 0 Å². The molecule has 3 N–H and O–H groups in total. The first-order valence-corrected chi connectivity index (χ1v) is 13.5. The number of nitrogens with zero attached hydrogens (tertiary/aromatic N) is 2.